The van der Waals surface area contributed by atoms with E-state index < -0.39 is 0 Å². The lowest BCUT2D eigenvalue weighted by atomic mass is 10.1. The minimum atomic E-state index is -0.0554. The van der Waals surface area contributed by atoms with E-state index in [2.05, 4.69) is 15.9 Å². The number of rotatable bonds is 6. The van der Waals surface area contributed by atoms with Crippen LogP contribution in [0.25, 0.3) is 0 Å². The number of ether oxygens (including phenoxy) is 1. The third-order valence-electron chi connectivity index (χ3n) is 2.63. The summed E-state index contributed by atoms with van der Waals surface area (Å²) in [7, 11) is 1.62. The van der Waals surface area contributed by atoms with Crippen LogP contribution in [-0.2, 0) is 4.74 Å². The predicted molar refractivity (Wildman–Crippen MR) is 77.8 cm³/mol. The van der Waals surface area contributed by atoms with Gasteiger partial charge in [0.05, 0.1) is 17.2 Å². The van der Waals surface area contributed by atoms with Gasteiger partial charge in [-0.25, -0.2) is 0 Å². The van der Waals surface area contributed by atoms with Gasteiger partial charge in [-0.3, -0.25) is 4.79 Å². The van der Waals surface area contributed by atoms with Crippen molar-refractivity contribution in [2.45, 2.75) is 6.92 Å². The number of alkyl halides is 1. The number of benzene rings is 1. The average molecular weight is 335 g/mol. The van der Waals surface area contributed by atoms with E-state index >= 15 is 0 Å². The number of hydrogen-bond donors (Lipinski definition) is 0. The molecule has 0 N–H and O–H groups in total. The van der Waals surface area contributed by atoms with Crippen LogP contribution < -0.4 is 0 Å². The first-order valence-corrected chi connectivity index (χ1v) is 7.21. The highest BCUT2D eigenvalue weighted by molar-refractivity contribution is 9.09. The van der Waals surface area contributed by atoms with Crippen LogP contribution in [0.2, 0.25) is 5.02 Å². The molecule has 3 nitrogen and oxygen atoms in total. The van der Waals surface area contributed by atoms with Crippen LogP contribution in [0.5, 0.6) is 0 Å². The number of carbonyl (C=O) groups excluding carboxylic acids is 1. The molecule has 5 heteroatoms. The molecule has 0 spiro atoms. The van der Waals surface area contributed by atoms with Crippen LogP contribution in [0.15, 0.2) is 18.2 Å². The fraction of sp³-hybridized carbons (Fsp3) is 0.462. The van der Waals surface area contributed by atoms with Gasteiger partial charge in [-0.15, -0.1) is 0 Å². The van der Waals surface area contributed by atoms with Crippen molar-refractivity contribution in [2.24, 2.45) is 0 Å². The molecule has 0 fully saturated rings. The highest BCUT2D eigenvalue weighted by Crippen LogP contribution is 2.21. The first-order valence-electron chi connectivity index (χ1n) is 5.71. The summed E-state index contributed by atoms with van der Waals surface area (Å²) < 4.78 is 5.02. The van der Waals surface area contributed by atoms with Gasteiger partial charge >= 0.3 is 0 Å². The molecule has 0 aliphatic heterocycles. The van der Waals surface area contributed by atoms with Gasteiger partial charge in [0.15, 0.2) is 0 Å². The molecule has 0 atom stereocenters. The van der Waals surface area contributed by atoms with Crippen molar-refractivity contribution in [1.29, 1.82) is 0 Å². The maximum atomic E-state index is 12.4. The Hall–Kier alpha value is -0.580. The predicted octanol–water partition coefficient (Wildman–Crippen LogP) is 3.13. The summed E-state index contributed by atoms with van der Waals surface area (Å²) in [5, 5.41) is 1.26. The van der Waals surface area contributed by atoms with E-state index in [1.807, 2.05) is 19.1 Å². The lowest BCUT2D eigenvalue weighted by molar-refractivity contribution is 0.0709. The van der Waals surface area contributed by atoms with Crippen molar-refractivity contribution in [3.8, 4) is 0 Å². The van der Waals surface area contributed by atoms with E-state index in [1.165, 1.54) is 0 Å². The highest BCUT2D eigenvalue weighted by atomic mass is 79.9. The summed E-state index contributed by atoms with van der Waals surface area (Å²) in [5.41, 5.74) is 1.46. The van der Waals surface area contributed by atoms with E-state index in [0.717, 1.165) is 10.9 Å². The molecule has 1 aromatic rings. The minimum Gasteiger partial charge on any atom is -0.383 e. The molecule has 0 radical (unpaired) electrons. The number of hydrogen-bond acceptors (Lipinski definition) is 2. The average Bonchev–Trinajstić information content (AvgIpc) is 2.37. The zero-order valence-electron chi connectivity index (χ0n) is 10.6. The van der Waals surface area contributed by atoms with E-state index in [9.17, 15) is 4.79 Å². The van der Waals surface area contributed by atoms with E-state index in [0.29, 0.717) is 30.3 Å². The minimum absolute atomic E-state index is 0.0554. The lowest BCUT2D eigenvalue weighted by Gasteiger charge is -2.22. The Morgan fingerprint density at radius 2 is 2.17 bits per heavy atom. The fourth-order valence-corrected chi connectivity index (χ4v) is 2.24. The zero-order valence-corrected chi connectivity index (χ0v) is 12.9. The largest absolute Gasteiger partial charge is 0.383 e. The molecule has 18 heavy (non-hydrogen) atoms. The summed E-state index contributed by atoms with van der Waals surface area (Å²) in [6.45, 7) is 3.60. The van der Waals surface area contributed by atoms with Crippen LogP contribution >= 0.6 is 27.5 Å². The van der Waals surface area contributed by atoms with E-state index in [4.69, 9.17) is 16.3 Å². The van der Waals surface area contributed by atoms with Gasteiger partial charge in [0, 0.05) is 25.5 Å². The SMILES string of the molecule is COCCN(CCBr)C(=O)c1cccc(C)c1Cl. The van der Waals surface area contributed by atoms with Crippen molar-refractivity contribution in [3.63, 3.8) is 0 Å². The molecule has 0 heterocycles. The normalized spacial score (nSPS) is 10.4. The Kier molecular flexibility index (Phi) is 6.68. The Morgan fingerprint density at radius 3 is 2.78 bits per heavy atom. The van der Waals surface area contributed by atoms with Crippen molar-refractivity contribution in [2.75, 3.05) is 32.1 Å². The second-order valence-electron chi connectivity index (χ2n) is 3.91. The van der Waals surface area contributed by atoms with Gasteiger partial charge in [-0.05, 0) is 18.6 Å². The van der Waals surface area contributed by atoms with Crippen molar-refractivity contribution in [3.05, 3.63) is 34.3 Å². The Bertz CT molecular complexity index is 412. The highest BCUT2D eigenvalue weighted by Gasteiger charge is 2.18. The molecule has 0 aliphatic carbocycles. The second kappa shape index (κ2) is 7.77. The molecule has 0 saturated heterocycles. The van der Waals surface area contributed by atoms with E-state index in [-0.39, 0.29) is 5.91 Å². The molecule has 1 amide bonds. The summed E-state index contributed by atoms with van der Waals surface area (Å²) in [4.78, 5) is 14.1. The first-order chi connectivity index (χ1) is 8.61. The standard InChI is InChI=1S/C13H17BrClNO2/c1-10-4-3-5-11(12(10)15)13(17)16(7-6-14)8-9-18-2/h3-5H,6-9H2,1-2H3. The van der Waals surface area contributed by atoms with Gasteiger partial charge in [-0.1, -0.05) is 39.7 Å². The summed E-state index contributed by atoms with van der Waals surface area (Å²) >= 11 is 9.52. The Labute approximate surface area is 121 Å². The first kappa shape index (κ1) is 15.5. The lowest BCUT2D eigenvalue weighted by Crippen LogP contribution is -2.35. The second-order valence-corrected chi connectivity index (χ2v) is 5.08. The van der Waals surface area contributed by atoms with Crippen molar-refractivity contribution >= 4 is 33.4 Å². The third-order valence-corrected chi connectivity index (χ3v) is 3.49. The topological polar surface area (TPSA) is 29.5 Å². The van der Waals surface area contributed by atoms with Crippen LogP contribution in [-0.4, -0.2) is 42.9 Å². The monoisotopic (exact) mass is 333 g/mol. The number of halogens is 2. The summed E-state index contributed by atoms with van der Waals surface area (Å²) in [6, 6.07) is 5.49. The van der Waals surface area contributed by atoms with Crippen LogP contribution in [0.3, 0.4) is 0 Å². The maximum Gasteiger partial charge on any atom is 0.255 e. The van der Waals surface area contributed by atoms with Crippen LogP contribution in [0.4, 0.5) is 0 Å². The van der Waals surface area contributed by atoms with Crippen molar-refractivity contribution in [1.82, 2.24) is 4.90 Å². The molecule has 0 aromatic heterocycles. The third kappa shape index (κ3) is 3.97. The summed E-state index contributed by atoms with van der Waals surface area (Å²) in [6.07, 6.45) is 0. The maximum absolute atomic E-state index is 12.4. The summed E-state index contributed by atoms with van der Waals surface area (Å²) in [5.74, 6) is -0.0554. The molecule has 100 valence electrons. The Morgan fingerprint density at radius 1 is 1.44 bits per heavy atom. The molecule has 0 bridgehead atoms. The van der Waals surface area contributed by atoms with Gasteiger partial charge in [-0.2, -0.15) is 0 Å². The Balaban J connectivity index is 2.90. The van der Waals surface area contributed by atoms with Crippen molar-refractivity contribution < 1.29 is 9.53 Å². The fourth-order valence-electron chi connectivity index (χ4n) is 1.60. The van der Waals surface area contributed by atoms with Crippen LogP contribution in [0.1, 0.15) is 15.9 Å². The van der Waals surface area contributed by atoms with Crippen LogP contribution in [0, 0.1) is 6.92 Å². The van der Waals surface area contributed by atoms with Gasteiger partial charge in [0.2, 0.25) is 0 Å². The molecular formula is C13H17BrClNO2. The number of nitrogens with zero attached hydrogens (tertiary/aromatic N) is 1. The molecule has 0 unspecified atom stereocenters. The molecular weight excluding hydrogens is 318 g/mol. The smallest absolute Gasteiger partial charge is 0.255 e. The number of amides is 1. The number of carbonyl (C=O) groups is 1. The number of methoxy groups -OCH3 is 1. The van der Waals surface area contributed by atoms with E-state index in [1.54, 1.807) is 18.1 Å². The van der Waals surface area contributed by atoms with Gasteiger partial charge in [0.1, 0.15) is 0 Å². The molecule has 0 aliphatic rings. The van der Waals surface area contributed by atoms with Gasteiger partial charge < -0.3 is 9.64 Å². The molecule has 0 saturated carbocycles. The van der Waals surface area contributed by atoms with Gasteiger partial charge in [0.25, 0.3) is 5.91 Å². The quantitative estimate of drug-likeness (QED) is 0.748. The zero-order chi connectivity index (χ0) is 13.5. The molecule has 1 aromatic carbocycles. The number of aryl methyl sites for hydroxylation is 1. The molecule has 1 rings (SSSR count).